The molecule has 0 heterocycles. The number of carbonyl (C=O) groups is 1. The van der Waals surface area contributed by atoms with Gasteiger partial charge in [-0.15, -0.1) is 12.0 Å². The molecule has 1 amide bonds. The van der Waals surface area contributed by atoms with E-state index in [4.69, 9.17) is 5.73 Å². The van der Waals surface area contributed by atoms with E-state index in [1.807, 2.05) is 0 Å². The summed E-state index contributed by atoms with van der Waals surface area (Å²) in [5.74, 6) is 1.11. The van der Waals surface area contributed by atoms with E-state index in [0.717, 1.165) is 24.7 Å². The number of fused-ring (bicyclic) bond motifs is 1. The fourth-order valence-corrected chi connectivity index (χ4v) is 4.39. The van der Waals surface area contributed by atoms with Crippen molar-refractivity contribution in [2.75, 3.05) is 0 Å². The molecule has 1 saturated carbocycles. The first-order valence-corrected chi connectivity index (χ1v) is 12.1. The molecule has 0 spiro atoms. The summed E-state index contributed by atoms with van der Waals surface area (Å²) in [6.45, 7) is 6.99. The van der Waals surface area contributed by atoms with Crippen LogP contribution in [0.2, 0.25) is 13.1 Å². The monoisotopic (exact) mass is 505 g/mol. The molecule has 2 atom stereocenters. The van der Waals surface area contributed by atoms with Gasteiger partial charge < -0.3 is 41.8 Å². The number of rotatable bonds is 8. The van der Waals surface area contributed by atoms with Gasteiger partial charge >= 0.3 is 26.2 Å². The third-order valence-electron chi connectivity index (χ3n) is 4.80. The molecule has 0 aromatic heterocycles. The maximum atomic E-state index is 10.2. The molecule has 2 nitrogen and oxygen atoms in total. The summed E-state index contributed by atoms with van der Waals surface area (Å²) in [4.78, 5) is 10.2. The number of carbonyl (C=O) groups excluding carboxylic acids is 1. The summed E-state index contributed by atoms with van der Waals surface area (Å²) in [5, 5.41) is 1.74. The molecule has 1 N–H and O–H groups in total. The zero-order valence-corrected chi connectivity index (χ0v) is 22.0. The van der Waals surface area contributed by atoms with E-state index in [1.54, 1.807) is 5.17 Å². The molecule has 2 aliphatic carbocycles. The first kappa shape index (κ1) is 32.0. The number of allylic oxidation sites excluding steroid dienone is 4. The molecule has 0 bridgehead atoms. The van der Waals surface area contributed by atoms with Gasteiger partial charge in [-0.2, -0.15) is 0 Å². The molecular weight excluding hydrogens is 472 g/mol. The van der Waals surface area contributed by atoms with Crippen LogP contribution >= 0.6 is 0 Å². The maximum absolute atomic E-state index is 10.2. The second-order valence-electron chi connectivity index (χ2n) is 7.20. The first-order valence-electron chi connectivity index (χ1n) is 9.65. The van der Waals surface area contributed by atoms with Crippen LogP contribution in [0.1, 0.15) is 64.7 Å². The standard InChI is InChI=1S/C11H15Si.C10H21NO.2ClH.Zr/c1-12(2)11-7-9-5-3-4-6-10(9)8-11;1-2-3-4-5-6-7-8-9-10(11)12;;;/h3-7,9-10H,8H2,1-2H3;2-9H2,1H3,(H2,11,12);2*1H;/q-1;;;;+4/p-3. The van der Waals surface area contributed by atoms with Gasteiger partial charge in [-0.05, 0) is 27.2 Å². The van der Waals surface area contributed by atoms with E-state index in [-0.39, 0.29) is 59.4 Å². The van der Waals surface area contributed by atoms with E-state index in [9.17, 15) is 4.79 Å². The predicted octanol–water partition coefficient (Wildman–Crippen LogP) is 0.173. The van der Waals surface area contributed by atoms with Crippen molar-refractivity contribution in [2.45, 2.75) is 77.8 Å². The quantitative estimate of drug-likeness (QED) is 0.262. The Hall–Kier alpha value is 0.370. The summed E-state index contributed by atoms with van der Waals surface area (Å²) in [7, 11) is -0.176. The minimum absolute atomic E-state index is 0. The van der Waals surface area contributed by atoms with Gasteiger partial charge in [-0.1, -0.05) is 83.2 Å². The Kier molecular flexibility index (Phi) is 23.4. The third-order valence-corrected chi connectivity index (χ3v) is 6.45. The number of hydrogen-bond donors (Lipinski definition) is 0. The van der Waals surface area contributed by atoms with Crippen molar-refractivity contribution in [3.63, 3.8) is 0 Å². The van der Waals surface area contributed by atoms with E-state index < -0.39 is 5.91 Å². The van der Waals surface area contributed by atoms with E-state index in [2.05, 4.69) is 50.7 Å². The molecule has 152 valence electrons. The van der Waals surface area contributed by atoms with Crippen LogP contribution < -0.4 is 24.8 Å². The van der Waals surface area contributed by atoms with Crippen LogP contribution in [-0.4, -0.2) is 19.5 Å². The van der Waals surface area contributed by atoms with Gasteiger partial charge in [0.25, 0.3) is 0 Å². The Morgan fingerprint density at radius 3 is 2.15 bits per heavy atom. The van der Waals surface area contributed by atoms with E-state index in [1.165, 1.54) is 38.5 Å². The SMILES string of the molecule is CCCCCCCCCC([NH-])=O.C[Si](C)=C1[CH-]C2C=CC=CC2C1.[Cl-].[Cl-].[Zr+4]. The van der Waals surface area contributed by atoms with Crippen molar-refractivity contribution >= 4 is 19.5 Å². The largest absolute Gasteiger partial charge is 4.00 e. The molecule has 2 aliphatic rings. The minimum Gasteiger partial charge on any atom is -1.00 e. The Morgan fingerprint density at radius 2 is 1.63 bits per heavy atom. The first-order chi connectivity index (χ1) is 11.5. The van der Waals surface area contributed by atoms with E-state index >= 15 is 0 Å². The van der Waals surface area contributed by atoms with Gasteiger partial charge in [0, 0.05) is 5.91 Å². The average Bonchev–Trinajstić information content (AvgIpc) is 2.99. The van der Waals surface area contributed by atoms with Crippen molar-refractivity contribution < 1.29 is 55.8 Å². The van der Waals surface area contributed by atoms with Gasteiger partial charge in [0.15, 0.2) is 0 Å². The third kappa shape index (κ3) is 14.9. The molecule has 2 unspecified atom stereocenters. The molecule has 6 heteroatoms. The zero-order valence-electron chi connectivity index (χ0n) is 17.1. The molecule has 27 heavy (non-hydrogen) atoms. The second kappa shape index (κ2) is 19.7. The molecule has 1 fully saturated rings. The smallest absolute Gasteiger partial charge is 1.00 e. The Bertz CT molecular complexity index is 455. The summed E-state index contributed by atoms with van der Waals surface area (Å²) in [5.41, 5.74) is 6.69. The topological polar surface area (TPSA) is 40.9 Å². The average molecular weight is 508 g/mol. The molecular formula is C21H35Cl2NOSiZr. The van der Waals surface area contributed by atoms with Gasteiger partial charge in [0.2, 0.25) is 0 Å². The molecule has 0 aromatic carbocycles. The van der Waals surface area contributed by atoms with Crippen molar-refractivity contribution in [1.82, 2.24) is 0 Å². The second-order valence-corrected chi connectivity index (χ2v) is 9.84. The van der Waals surface area contributed by atoms with Crippen LogP contribution in [0.15, 0.2) is 24.3 Å². The number of nitrogens with one attached hydrogen (secondary N) is 1. The van der Waals surface area contributed by atoms with E-state index in [0.29, 0.717) is 6.42 Å². The van der Waals surface area contributed by atoms with Gasteiger partial charge in [0.1, 0.15) is 0 Å². The summed E-state index contributed by atoms with van der Waals surface area (Å²) < 4.78 is 0. The fourth-order valence-electron chi connectivity index (χ4n) is 3.22. The number of amides is 1. The van der Waals surface area contributed by atoms with Crippen LogP contribution in [0.4, 0.5) is 0 Å². The van der Waals surface area contributed by atoms with Crippen LogP contribution in [0.5, 0.6) is 0 Å². The molecule has 0 aromatic rings. The Morgan fingerprint density at radius 1 is 1.07 bits per heavy atom. The number of hydrogen-bond acceptors (Lipinski definition) is 1. The van der Waals surface area contributed by atoms with Crippen LogP contribution in [-0.2, 0) is 31.0 Å². The Labute approximate surface area is 200 Å². The molecule has 0 aliphatic heterocycles. The van der Waals surface area contributed by atoms with Crippen LogP contribution in [0.25, 0.3) is 5.73 Å². The molecule has 0 saturated heterocycles. The fraction of sp³-hybridized carbons (Fsp3) is 0.667. The summed E-state index contributed by atoms with van der Waals surface area (Å²) >= 11 is 0. The normalized spacial score (nSPS) is 18.6. The molecule has 0 radical (unpaired) electrons. The summed E-state index contributed by atoms with van der Waals surface area (Å²) in [6.07, 6.45) is 21.8. The van der Waals surface area contributed by atoms with Crippen LogP contribution in [0, 0.1) is 18.3 Å². The van der Waals surface area contributed by atoms with Gasteiger partial charge in [-0.3, -0.25) is 0 Å². The van der Waals surface area contributed by atoms with Gasteiger partial charge in [0.05, 0.1) is 0 Å². The van der Waals surface area contributed by atoms with Crippen molar-refractivity contribution in [3.8, 4) is 0 Å². The number of halogens is 2. The predicted molar refractivity (Wildman–Crippen MR) is 109 cm³/mol. The number of unbranched alkanes of at least 4 members (excludes halogenated alkanes) is 6. The van der Waals surface area contributed by atoms with Crippen LogP contribution in [0.3, 0.4) is 0 Å². The molecule has 2 rings (SSSR count). The minimum atomic E-state index is -0.413. The van der Waals surface area contributed by atoms with Gasteiger partial charge in [-0.25, -0.2) is 5.17 Å². The Balaban J connectivity index is -0.000000384. The zero-order chi connectivity index (χ0) is 17.8. The van der Waals surface area contributed by atoms with Crippen molar-refractivity contribution in [1.29, 1.82) is 0 Å². The van der Waals surface area contributed by atoms with Crippen molar-refractivity contribution in [3.05, 3.63) is 36.5 Å². The van der Waals surface area contributed by atoms with Crippen molar-refractivity contribution in [2.24, 2.45) is 11.8 Å². The summed E-state index contributed by atoms with van der Waals surface area (Å²) in [6, 6.07) is 0. The maximum Gasteiger partial charge on any atom is 4.00 e.